The lowest BCUT2D eigenvalue weighted by Crippen LogP contribution is -2.03. The molecular weight excluding hydrogens is 318 g/mol. The van der Waals surface area contributed by atoms with Crippen LogP contribution in [0.3, 0.4) is 0 Å². The maximum absolute atomic E-state index is 10.9. The smallest absolute Gasteiger partial charge is 0.356 e. The summed E-state index contributed by atoms with van der Waals surface area (Å²) in [4.78, 5) is 21.2. The van der Waals surface area contributed by atoms with Crippen LogP contribution in [0.25, 0.3) is 5.69 Å². The number of nitro groups is 1. The van der Waals surface area contributed by atoms with Gasteiger partial charge in [0.25, 0.3) is 5.69 Å². The Hall–Kier alpha value is -2.22. The van der Waals surface area contributed by atoms with Crippen LogP contribution in [-0.2, 0) is 0 Å². The van der Waals surface area contributed by atoms with Crippen LogP contribution in [0.15, 0.2) is 28.7 Å². The fraction of sp³-hybridized carbons (Fsp3) is 0.0909. The van der Waals surface area contributed by atoms with Crippen molar-refractivity contribution in [1.82, 2.24) is 9.78 Å². The monoisotopic (exact) mass is 325 g/mol. The number of aryl methyl sites for hydroxylation is 1. The highest BCUT2D eigenvalue weighted by Crippen LogP contribution is 2.27. The minimum absolute atomic E-state index is 0.107. The predicted octanol–water partition coefficient (Wildman–Crippen LogP) is 2.55. The van der Waals surface area contributed by atoms with Crippen molar-refractivity contribution in [2.24, 2.45) is 0 Å². The van der Waals surface area contributed by atoms with Gasteiger partial charge in [0.05, 0.1) is 15.1 Å². The summed E-state index contributed by atoms with van der Waals surface area (Å²) in [5.74, 6) is -1.14. The lowest BCUT2D eigenvalue weighted by Gasteiger charge is -2.04. The van der Waals surface area contributed by atoms with Crippen molar-refractivity contribution in [1.29, 1.82) is 0 Å². The summed E-state index contributed by atoms with van der Waals surface area (Å²) in [6, 6.07) is 5.86. The predicted molar refractivity (Wildman–Crippen MR) is 69.6 cm³/mol. The fourth-order valence-corrected chi connectivity index (χ4v) is 2.00. The Morgan fingerprint density at radius 3 is 2.68 bits per heavy atom. The first kappa shape index (κ1) is 13.2. The van der Waals surface area contributed by atoms with Crippen LogP contribution in [0.4, 0.5) is 5.69 Å². The Balaban J connectivity index is 2.56. The molecule has 7 nitrogen and oxygen atoms in total. The van der Waals surface area contributed by atoms with E-state index < -0.39 is 10.9 Å². The summed E-state index contributed by atoms with van der Waals surface area (Å²) in [7, 11) is 0. The highest BCUT2D eigenvalue weighted by molar-refractivity contribution is 9.10. The zero-order chi connectivity index (χ0) is 14.2. The Morgan fingerprint density at radius 1 is 1.47 bits per heavy atom. The van der Waals surface area contributed by atoms with Crippen LogP contribution in [-0.4, -0.2) is 25.8 Å². The standard InChI is InChI=1S/C11H8BrN3O4/c1-6-4-9(11(16)17)13-14(6)7-2-3-8(12)10(5-7)15(18)19/h2-5H,1H3,(H,16,17). The summed E-state index contributed by atoms with van der Waals surface area (Å²) >= 11 is 3.09. The van der Waals surface area contributed by atoms with Crippen molar-refractivity contribution in [2.45, 2.75) is 6.92 Å². The summed E-state index contributed by atoms with van der Waals surface area (Å²) in [6.07, 6.45) is 0. The molecule has 0 aliphatic heterocycles. The van der Waals surface area contributed by atoms with Gasteiger partial charge in [-0.15, -0.1) is 0 Å². The van der Waals surface area contributed by atoms with Crippen LogP contribution < -0.4 is 0 Å². The Bertz CT molecular complexity index is 681. The third kappa shape index (κ3) is 2.48. The highest BCUT2D eigenvalue weighted by Gasteiger charge is 2.16. The van der Waals surface area contributed by atoms with E-state index in [2.05, 4.69) is 21.0 Å². The van der Waals surface area contributed by atoms with Gasteiger partial charge in [-0.1, -0.05) is 0 Å². The molecule has 1 heterocycles. The minimum Gasteiger partial charge on any atom is -0.476 e. The third-order valence-electron chi connectivity index (χ3n) is 2.48. The Kier molecular flexibility index (Phi) is 3.34. The largest absolute Gasteiger partial charge is 0.476 e. The zero-order valence-electron chi connectivity index (χ0n) is 9.70. The summed E-state index contributed by atoms with van der Waals surface area (Å²) in [6.45, 7) is 1.67. The molecule has 0 aliphatic carbocycles. The summed E-state index contributed by atoms with van der Waals surface area (Å²) in [5, 5.41) is 23.6. The molecule has 0 unspecified atom stereocenters. The average molecular weight is 326 g/mol. The number of benzene rings is 1. The van der Waals surface area contributed by atoms with Gasteiger partial charge in [0.2, 0.25) is 0 Å². The van der Waals surface area contributed by atoms with E-state index in [-0.39, 0.29) is 11.4 Å². The lowest BCUT2D eigenvalue weighted by atomic mass is 10.3. The first-order chi connectivity index (χ1) is 8.90. The number of nitrogens with zero attached hydrogens (tertiary/aromatic N) is 3. The lowest BCUT2D eigenvalue weighted by molar-refractivity contribution is -0.385. The normalized spacial score (nSPS) is 10.4. The number of halogens is 1. The van der Waals surface area contributed by atoms with Gasteiger partial charge in [-0.25, -0.2) is 9.48 Å². The number of nitro benzene ring substituents is 1. The second-order valence-electron chi connectivity index (χ2n) is 3.78. The molecule has 2 rings (SSSR count). The number of carboxylic acids is 1. The van der Waals surface area contributed by atoms with Gasteiger partial charge in [0.1, 0.15) is 0 Å². The second-order valence-corrected chi connectivity index (χ2v) is 4.64. The number of carbonyl (C=O) groups is 1. The molecule has 2 aromatic rings. The molecule has 0 spiro atoms. The van der Waals surface area contributed by atoms with Gasteiger partial charge in [-0.2, -0.15) is 5.10 Å². The maximum Gasteiger partial charge on any atom is 0.356 e. The number of aromatic nitrogens is 2. The minimum atomic E-state index is -1.14. The first-order valence-electron chi connectivity index (χ1n) is 5.14. The second kappa shape index (κ2) is 4.81. The maximum atomic E-state index is 10.9. The van der Waals surface area contributed by atoms with E-state index in [1.54, 1.807) is 13.0 Å². The number of aromatic carboxylic acids is 1. The van der Waals surface area contributed by atoms with Gasteiger partial charge >= 0.3 is 5.97 Å². The molecular formula is C11H8BrN3O4. The number of carboxylic acid groups (broad SMARTS) is 1. The Morgan fingerprint density at radius 2 is 2.16 bits per heavy atom. The summed E-state index contributed by atoms with van der Waals surface area (Å²) in [5.41, 5.74) is 0.793. The molecule has 8 heteroatoms. The SMILES string of the molecule is Cc1cc(C(=O)O)nn1-c1ccc(Br)c([N+](=O)[O-])c1. The zero-order valence-corrected chi connectivity index (χ0v) is 11.3. The number of rotatable bonds is 3. The van der Waals surface area contributed by atoms with Crippen LogP contribution in [0.2, 0.25) is 0 Å². The molecule has 0 atom stereocenters. The average Bonchev–Trinajstić information content (AvgIpc) is 2.72. The molecule has 0 bridgehead atoms. The molecule has 19 heavy (non-hydrogen) atoms. The molecule has 0 radical (unpaired) electrons. The van der Waals surface area contributed by atoms with Crippen LogP contribution in [0.1, 0.15) is 16.2 Å². The van der Waals surface area contributed by atoms with Crippen molar-refractivity contribution in [3.05, 3.63) is 50.2 Å². The van der Waals surface area contributed by atoms with E-state index in [1.165, 1.54) is 22.9 Å². The van der Waals surface area contributed by atoms with Crippen LogP contribution in [0.5, 0.6) is 0 Å². The fourth-order valence-electron chi connectivity index (χ4n) is 1.61. The van der Waals surface area contributed by atoms with E-state index in [9.17, 15) is 14.9 Å². The van der Waals surface area contributed by atoms with Crippen molar-refractivity contribution in [3.8, 4) is 5.69 Å². The molecule has 1 aromatic carbocycles. The summed E-state index contributed by atoms with van der Waals surface area (Å²) < 4.78 is 1.70. The molecule has 0 saturated carbocycles. The van der Waals surface area contributed by atoms with Gasteiger partial charge in [-0.05, 0) is 41.1 Å². The van der Waals surface area contributed by atoms with Gasteiger partial charge in [0, 0.05) is 11.8 Å². The van der Waals surface area contributed by atoms with E-state index in [1.807, 2.05) is 0 Å². The number of hydrogen-bond acceptors (Lipinski definition) is 4. The van der Waals surface area contributed by atoms with Gasteiger partial charge < -0.3 is 5.11 Å². The molecule has 0 saturated heterocycles. The van der Waals surface area contributed by atoms with E-state index in [0.29, 0.717) is 15.9 Å². The molecule has 0 fully saturated rings. The van der Waals surface area contributed by atoms with Crippen LogP contribution in [0, 0.1) is 17.0 Å². The Labute approximate surface area is 115 Å². The number of hydrogen-bond donors (Lipinski definition) is 1. The first-order valence-corrected chi connectivity index (χ1v) is 5.93. The van der Waals surface area contributed by atoms with Crippen molar-refractivity contribution in [2.75, 3.05) is 0 Å². The molecule has 1 N–H and O–H groups in total. The van der Waals surface area contributed by atoms with Gasteiger partial charge in [-0.3, -0.25) is 10.1 Å². The van der Waals surface area contributed by atoms with Crippen molar-refractivity contribution >= 4 is 27.6 Å². The topological polar surface area (TPSA) is 98.3 Å². The van der Waals surface area contributed by atoms with Crippen LogP contribution >= 0.6 is 15.9 Å². The molecule has 98 valence electrons. The van der Waals surface area contributed by atoms with Crippen molar-refractivity contribution in [3.63, 3.8) is 0 Å². The third-order valence-corrected chi connectivity index (χ3v) is 3.15. The van der Waals surface area contributed by atoms with E-state index >= 15 is 0 Å². The van der Waals surface area contributed by atoms with Gasteiger partial charge in [0.15, 0.2) is 5.69 Å². The molecule has 0 aliphatic rings. The molecule has 1 aromatic heterocycles. The van der Waals surface area contributed by atoms with Crippen molar-refractivity contribution < 1.29 is 14.8 Å². The van der Waals surface area contributed by atoms with E-state index in [4.69, 9.17) is 5.11 Å². The van der Waals surface area contributed by atoms with E-state index in [0.717, 1.165) is 0 Å². The molecule has 0 amide bonds. The highest BCUT2D eigenvalue weighted by atomic mass is 79.9. The quantitative estimate of drug-likeness (QED) is 0.690.